The van der Waals surface area contributed by atoms with Crippen molar-refractivity contribution in [2.45, 2.75) is 31.1 Å². The maximum atomic E-state index is 12.5. The highest BCUT2D eigenvalue weighted by atomic mass is 32.2. The van der Waals surface area contributed by atoms with Crippen molar-refractivity contribution >= 4 is 19.9 Å². The van der Waals surface area contributed by atoms with E-state index in [1.165, 1.54) is 16.4 Å². The third-order valence-corrected chi connectivity index (χ3v) is 7.46. The number of sulfone groups is 1. The molecule has 0 aromatic heterocycles. The molecule has 1 fully saturated rings. The fraction of sp³-hybridized carbons (Fsp3) is 0.600. The van der Waals surface area contributed by atoms with Crippen LogP contribution < -0.4 is 4.74 Å². The van der Waals surface area contributed by atoms with Crippen molar-refractivity contribution in [2.75, 3.05) is 31.2 Å². The maximum Gasteiger partial charge on any atom is 0.243 e. The van der Waals surface area contributed by atoms with Gasteiger partial charge < -0.3 is 4.74 Å². The Balaban J connectivity index is 1.99. The van der Waals surface area contributed by atoms with E-state index in [0.29, 0.717) is 18.8 Å². The van der Waals surface area contributed by atoms with E-state index < -0.39 is 19.9 Å². The summed E-state index contributed by atoms with van der Waals surface area (Å²) in [6.45, 7) is 2.79. The summed E-state index contributed by atoms with van der Waals surface area (Å²) in [5, 5.41) is 0. The third-order valence-electron chi connectivity index (χ3n) is 3.88. The molecule has 23 heavy (non-hydrogen) atoms. The zero-order chi connectivity index (χ0) is 16.9. The fourth-order valence-electron chi connectivity index (χ4n) is 2.39. The van der Waals surface area contributed by atoms with Gasteiger partial charge in [-0.2, -0.15) is 4.31 Å². The van der Waals surface area contributed by atoms with Crippen LogP contribution in [0.15, 0.2) is 29.2 Å². The number of nitrogens with zero attached hydrogens (tertiary/aromatic N) is 1. The zero-order valence-electron chi connectivity index (χ0n) is 13.3. The molecule has 0 bridgehead atoms. The summed E-state index contributed by atoms with van der Waals surface area (Å²) < 4.78 is 54.6. The Morgan fingerprint density at radius 1 is 1.00 bits per heavy atom. The van der Waals surface area contributed by atoms with Gasteiger partial charge in [0.25, 0.3) is 0 Å². The standard InChI is InChI=1S/C15H23NO5S2/c1-2-22(17,18)13-12-21-14-6-8-15(9-7-14)23(19,20)16-10-4-3-5-11-16/h6-9H,2-5,10-13H2,1H3. The van der Waals surface area contributed by atoms with Gasteiger partial charge in [-0.15, -0.1) is 0 Å². The van der Waals surface area contributed by atoms with Crippen LogP contribution >= 0.6 is 0 Å². The van der Waals surface area contributed by atoms with E-state index >= 15 is 0 Å². The largest absolute Gasteiger partial charge is 0.493 e. The lowest BCUT2D eigenvalue weighted by atomic mass is 10.2. The molecule has 0 amide bonds. The molecule has 0 aliphatic carbocycles. The first-order chi connectivity index (χ1) is 10.8. The summed E-state index contributed by atoms with van der Waals surface area (Å²) in [6.07, 6.45) is 2.86. The number of piperidine rings is 1. The molecule has 1 aliphatic rings. The Labute approximate surface area is 138 Å². The molecule has 0 unspecified atom stereocenters. The van der Waals surface area contributed by atoms with Crippen LogP contribution in [0.3, 0.4) is 0 Å². The van der Waals surface area contributed by atoms with Crippen LogP contribution in [0.5, 0.6) is 5.75 Å². The van der Waals surface area contributed by atoms with Crippen molar-refractivity contribution in [2.24, 2.45) is 0 Å². The van der Waals surface area contributed by atoms with Gasteiger partial charge in [-0.1, -0.05) is 13.3 Å². The van der Waals surface area contributed by atoms with Crippen LogP contribution in [-0.4, -0.2) is 52.3 Å². The van der Waals surface area contributed by atoms with Crippen molar-refractivity contribution < 1.29 is 21.6 Å². The molecular weight excluding hydrogens is 338 g/mol. The predicted molar refractivity (Wildman–Crippen MR) is 88.9 cm³/mol. The maximum absolute atomic E-state index is 12.5. The van der Waals surface area contributed by atoms with Crippen molar-refractivity contribution in [3.05, 3.63) is 24.3 Å². The SMILES string of the molecule is CCS(=O)(=O)CCOc1ccc(S(=O)(=O)N2CCCCC2)cc1. The van der Waals surface area contributed by atoms with Crippen molar-refractivity contribution in [3.8, 4) is 5.75 Å². The average molecular weight is 361 g/mol. The Morgan fingerprint density at radius 3 is 2.17 bits per heavy atom. The molecule has 0 radical (unpaired) electrons. The Bertz CT molecular complexity index is 705. The zero-order valence-corrected chi connectivity index (χ0v) is 14.9. The van der Waals surface area contributed by atoms with Gasteiger partial charge in [0.05, 0.1) is 10.6 Å². The van der Waals surface area contributed by atoms with Gasteiger partial charge >= 0.3 is 0 Å². The number of hydrogen-bond donors (Lipinski definition) is 0. The highest BCUT2D eigenvalue weighted by Crippen LogP contribution is 2.22. The number of sulfonamides is 1. The van der Waals surface area contributed by atoms with Gasteiger partial charge in [-0.3, -0.25) is 0 Å². The monoisotopic (exact) mass is 361 g/mol. The van der Waals surface area contributed by atoms with Gasteiger partial charge in [0.2, 0.25) is 10.0 Å². The molecular formula is C15H23NO5S2. The number of hydrogen-bond acceptors (Lipinski definition) is 5. The van der Waals surface area contributed by atoms with Crippen LogP contribution in [0, 0.1) is 0 Å². The lowest BCUT2D eigenvalue weighted by Gasteiger charge is -2.25. The van der Waals surface area contributed by atoms with Crippen LogP contribution in [0.2, 0.25) is 0 Å². The first-order valence-electron chi connectivity index (χ1n) is 7.78. The summed E-state index contributed by atoms with van der Waals surface area (Å²) in [5.74, 6) is 0.509. The number of ether oxygens (including phenoxy) is 1. The van der Waals surface area contributed by atoms with E-state index in [-0.39, 0.29) is 23.0 Å². The van der Waals surface area contributed by atoms with Gasteiger partial charge in [0.1, 0.15) is 12.4 Å². The normalized spacial score (nSPS) is 17.1. The first-order valence-corrected chi connectivity index (χ1v) is 11.0. The molecule has 0 N–H and O–H groups in total. The second-order valence-corrected chi connectivity index (χ2v) is 9.93. The third kappa shape index (κ3) is 4.92. The second-order valence-electron chi connectivity index (χ2n) is 5.52. The Hall–Kier alpha value is -1.12. The van der Waals surface area contributed by atoms with Gasteiger partial charge in [-0.05, 0) is 37.1 Å². The molecule has 1 aliphatic heterocycles. The molecule has 0 atom stereocenters. The van der Waals surface area contributed by atoms with E-state index in [4.69, 9.17) is 4.74 Å². The summed E-state index contributed by atoms with van der Waals surface area (Å²) in [7, 11) is -6.51. The lowest BCUT2D eigenvalue weighted by molar-refractivity contribution is 0.340. The molecule has 1 aromatic carbocycles. The van der Waals surface area contributed by atoms with Crippen LogP contribution in [0.1, 0.15) is 26.2 Å². The van der Waals surface area contributed by atoms with Gasteiger partial charge in [-0.25, -0.2) is 16.8 Å². The number of rotatable bonds is 7. The second kappa shape index (κ2) is 7.63. The number of benzene rings is 1. The Morgan fingerprint density at radius 2 is 1.61 bits per heavy atom. The molecule has 8 heteroatoms. The highest BCUT2D eigenvalue weighted by Gasteiger charge is 2.25. The average Bonchev–Trinajstić information content (AvgIpc) is 2.56. The first kappa shape index (κ1) is 18.2. The minimum absolute atomic E-state index is 0.0443. The van der Waals surface area contributed by atoms with Crippen molar-refractivity contribution in [1.29, 1.82) is 0 Å². The molecule has 1 heterocycles. The topological polar surface area (TPSA) is 80.8 Å². The summed E-state index contributed by atoms with van der Waals surface area (Å²) in [4.78, 5) is 0.243. The smallest absolute Gasteiger partial charge is 0.243 e. The molecule has 6 nitrogen and oxygen atoms in total. The van der Waals surface area contributed by atoms with E-state index in [9.17, 15) is 16.8 Å². The van der Waals surface area contributed by atoms with E-state index in [1.54, 1.807) is 19.1 Å². The highest BCUT2D eigenvalue weighted by molar-refractivity contribution is 7.91. The summed E-state index contributed by atoms with van der Waals surface area (Å²) in [5.41, 5.74) is 0. The van der Waals surface area contributed by atoms with Crippen LogP contribution in [0.4, 0.5) is 0 Å². The summed E-state index contributed by atoms with van der Waals surface area (Å²) >= 11 is 0. The van der Waals surface area contributed by atoms with E-state index in [1.807, 2.05) is 0 Å². The minimum Gasteiger partial charge on any atom is -0.493 e. The fourth-order valence-corrected chi connectivity index (χ4v) is 4.54. The van der Waals surface area contributed by atoms with Crippen molar-refractivity contribution in [3.63, 3.8) is 0 Å². The van der Waals surface area contributed by atoms with Gasteiger partial charge in [0, 0.05) is 18.8 Å². The van der Waals surface area contributed by atoms with Crippen LogP contribution in [-0.2, 0) is 19.9 Å². The lowest BCUT2D eigenvalue weighted by Crippen LogP contribution is -2.35. The molecule has 2 rings (SSSR count). The van der Waals surface area contributed by atoms with Crippen LogP contribution in [0.25, 0.3) is 0 Å². The molecule has 0 spiro atoms. The molecule has 1 saturated heterocycles. The molecule has 130 valence electrons. The molecule has 1 aromatic rings. The van der Waals surface area contributed by atoms with Gasteiger partial charge in [0.15, 0.2) is 9.84 Å². The predicted octanol–water partition coefficient (Wildman–Crippen LogP) is 1.67. The summed E-state index contributed by atoms with van der Waals surface area (Å²) in [6, 6.07) is 6.14. The minimum atomic E-state index is -3.44. The Kier molecular flexibility index (Phi) is 6.05. The van der Waals surface area contributed by atoms with E-state index in [0.717, 1.165) is 19.3 Å². The van der Waals surface area contributed by atoms with Crippen molar-refractivity contribution in [1.82, 2.24) is 4.31 Å². The molecule has 0 saturated carbocycles. The van der Waals surface area contributed by atoms with E-state index in [2.05, 4.69) is 0 Å². The quantitative estimate of drug-likeness (QED) is 0.738.